The maximum Gasteiger partial charge on any atom is 0.337 e. The molecule has 0 radical (unpaired) electrons. The van der Waals surface area contributed by atoms with Gasteiger partial charge in [-0.15, -0.1) is 0 Å². The normalized spacial score (nSPS) is 10.1. The third-order valence-corrected chi connectivity index (χ3v) is 2.60. The number of hydrogen-bond donors (Lipinski definition) is 1. The molecule has 94 valence electrons. The van der Waals surface area contributed by atoms with E-state index in [9.17, 15) is 4.79 Å². The van der Waals surface area contributed by atoms with Crippen LogP contribution in [0.5, 0.6) is 5.75 Å². The first-order valence-corrected chi connectivity index (χ1v) is 5.68. The maximum absolute atomic E-state index is 11.4. The van der Waals surface area contributed by atoms with Gasteiger partial charge in [-0.25, -0.2) is 4.79 Å². The van der Waals surface area contributed by atoms with Crippen LogP contribution in [-0.2, 0) is 11.2 Å². The van der Waals surface area contributed by atoms with E-state index in [1.807, 2.05) is 6.07 Å². The number of unbranched alkanes of at least 4 members (excludes halogenated alkanes) is 1. The van der Waals surface area contributed by atoms with Gasteiger partial charge in [-0.2, -0.15) is 0 Å². The summed E-state index contributed by atoms with van der Waals surface area (Å²) < 4.78 is 9.95. The number of benzene rings is 1. The van der Waals surface area contributed by atoms with E-state index >= 15 is 0 Å². The van der Waals surface area contributed by atoms with Crippen LogP contribution in [0.3, 0.4) is 0 Å². The van der Waals surface area contributed by atoms with Gasteiger partial charge in [0, 0.05) is 0 Å². The summed E-state index contributed by atoms with van der Waals surface area (Å²) in [5.41, 5.74) is 7.03. The van der Waals surface area contributed by atoms with E-state index in [1.54, 1.807) is 19.2 Å². The Morgan fingerprint density at radius 2 is 2.06 bits per heavy atom. The molecule has 1 rings (SSSR count). The number of carbonyl (C=O) groups is 1. The first kappa shape index (κ1) is 13.5. The molecule has 1 aromatic rings. The maximum atomic E-state index is 11.4. The van der Waals surface area contributed by atoms with Crippen molar-refractivity contribution in [3.8, 4) is 5.75 Å². The molecule has 0 spiro atoms. The minimum atomic E-state index is -0.326. The van der Waals surface area contributed by atoms with Gasteiger partial charge in [0.05, 0.1) is 19.8 Å². The lowest BCUT2D eigenvalue weighted by atomic mass is 10.0. The van der Waals surface area contributed by atoms with E-state index in [4.69, 9.17) is 15.2 Å². The van der Waals surface area contributed by atoms with Crippen molar-refractivity contribution in [2.24, 2.45) is 5.73 Å². The molecule has 0 aliphatic carbocycles. The Kier molecular flexibility index (Phi) is 5.49. The second-order valence-corrected chi connectivity index (χ2v) is 3.76. The number of rotatable bonds is 6. The molecule has 4 nitrogen and oxygen atoms in total. The molecule has 1 aromatic carbocycles. The third-order valence-electron chi connectivity index (χ3n) is 2.60. The summed E-state index contributed by atoms with van der Waals surface area (Å²) in [7, 11) is 3.00. The quantitative estimate of drug-likeness (QED) is 0.605. The van der Waals surface area contributed by atoms with E-state index in [-0.39, 0.29) is 5.97 Å². The Hall–Kier alpha value is -1.55. The molecule has 0 saturated heterocycles. The number of methoxy groups -OCH3 is 2. The molecule has 0 amide bonds. The highest BCUT2D eigenvalue weighted by Crippen LogP contribution is 2.22. The average molecular weight is 237 g/mol. The molecule has 0 saturated carbocycles. The summed E-state index contributed by atoms with van der Waals surface area (Å²) in [5.74, 6) is 0.474. The topological polar surface area (TPSA) is 61.5 Å². The SMILES string of the molecule is COC(=O)c1ccc(OC)c(CCCCN)c1. The molecule has 2 N–H and O–H groups in total. The predicted octanol–water partition coefficient (Wildman–Crippen LogP) is 1.76. The highest BCUT2D eigenvalue weighted by molar-refractivity contribution is 5.89. The van der Waals surface area contributed by atoms with Crippen molar-refractivity contribution in [1.29, 1.82) is 0 Å². The lowest BCUT2D eigenvalue weighted by Gasteiger charge is -2.09. The van der Waals surface area contributed by atoms with Crippen LogP contribution in [0.25, 0.3) is 0 Å². The van der Waals surface area contributed by atoms with Crippen LogP contribution in [0.1, 0.15) is 28.8 Å². The van der Waals surface area contributed by atoms with Crippen molar-refractivity contribution in [2.75, 3.05) is 20.8 Å². The zero-order chi connectivity index (χ0) is 12.7. The van der Waals surface area contributed by atoms with Crippen molar-refractivity contribution in [3.63, 3.8) is 0 Å². The average Bonchev–Trinajstić information content (AvgIpc) is 2.38. The Bertz CT molecular complexity index is 377. The molecule has 0 aromatic heterocycles. The van der Waals surface area contributed by atoms with Crippen LogP contribution >= 0.6 is 0 Å². The second kappa shape index (κ2) is 6.91. The molecule has 0 atom stereocenters. The largest absolute Gasteiger partial charge is 0.496 e. The minimum absolute atomic E-state index is 0.326. The lowest BCUT2D eigenvalue weighted by Crippen LogP contribution is -2.04. The van der Waals surface area contributed by atoms with Crippen LogP contribution in [0.4, 0.5) is 0 Å². The summed E-state index contributed by atoms with van der Waals surface area (Å²) >= 11 is 0. The second-order valence-electron chi connectivity index (χ2n) is 3.76. The predicted molar refractivity (Wildman–Crippen MR) is 66.3 cm³/mol. The highest BCUT2D eigenvalue weighted by Gasteiger charge is 2.09. The summed E-state index contributed by atoms with van der Waals surface area (Å²) in [5, 5.41) is 0. The van der Waals surface area contributed by atoms with Gasteiger partial charge in [0.1, 0.15) is 5.75 Å². The summed E-state index contributed by atoms with van der Waals surface area (Å²) in [6.45, 7) is 0.680. The highest BCUT2D eigenvalue weighted by atomic mass is 16.5. The molecule has 0 aliphatic rings. The fourth-order valence-electron chi connectivity index (χ4n) is 1.68. The fraction of sp³-hybridized carbons (Fsp3) is 0.462. The first-order chi connectivity index (χ1) is 8.22. The van der Waals surface area contributed by atoms with Gasteiger partial charge in [0.25, 0.3) is 0 Å². The van der Waals surface area contributed by atoms with Crippen LogP contribution in [-0.4, -0.2) is 26.7 Å². The van der Waals surface area contributed by atoms with Gasteiger partial charge in [-0.3, -0.25) is 0 Å². The molecule has 0 fully saturated rings. The van der Waals surface area contributed by atoms with Crippen LogP contribution in [0, 0.1) is 0 Å². The Morgan fingerprint density at radius 1 is 1.29 bits per heavy atom. The summed E-state index contributed by atoms with van der Waals surface area (Å²) in [4.78, 5) is 11.4. The van der Waals surface area contributed by atoms with E-state index in [0.29, 0.717) is 12.1 Å². The van der Waals surface area contributed by atoms with E-state index in [0.717, 1.165) is 30.6 Å². The van der Waals surface area contributed by atoms with E-state index in [1.165, 1.54) is 7.11 Å². The van der Waals surface area contributed by atoms with Crippen molar-refractivity contribution in [1.82, 2.24) is 0 Å². The number of nitrogens with two attached hydrogens (primary N) is 1. The fourth-order valence-corrected chi connectivity index (χ4v) is 1.68. The Balaban J connectivity index is 2.86. The number of esters is 1. The molecule has 17 heavy (non-hydrogen) atoms. The molecule has 0 unspecified atom stereocenters. The zero-order valence-electron chi connectivity index (χ0n) is 10.4. The van der Waals surface area contributed by atoms with Gasteiger partial charge in [0.2, 0.25) is 0 Å². The monoisotopic (exact) mass is 237 g/mol. The standard InChI is InChI=1S/C13H19NO3/c1-16-12-7-6-11(13(15)17-2)9-10(12)5-3-4-8-14/h6-7,9H,3-5,8,14H2,1-2H3. The minimum Gasteiger partial charge on any atom is -0.496 e. The Labute approximate surface area is 102 Å². The van der Waals surface area contributed by atoms with Gasteiger partial charge < -0.3 is 15.2 Å². The zero-order valence-corrected chi connectivity index (χ0v) is 10.4. The molecule has 0 aliphatic heterocycles. The number of hydrogen-bond acceptors (Lipinski definition) is 4. The van der Waals surface area contributed by atoms with Gasteiger partial charge in [-0.1, -0.05) is 0 Å². The van der Waals surface area contributed by atoms with E-state index < -0.39 is 0 Å². The summed E-state index contributed by atoms with van der Waals surface area (Å²) in [6, 6.07) is 5.32. The van der Waals surface area contributed by atoms with Crippen LogP contribution < -0.4 is 10.5 Å². The number of aryl methyl sites for hydroxylation is 1. The summed E-state index contributed by atoms with van der Waals surface area (Å²) in [6.07, 6.45) is 2.80. The third kappa shape index (κ3) is 3.75. The van der Waals surface area contributed by atoms with Crippen molar-refractivity contribution in [3.05, 3.63) is 29.3 Å². The molecular weight excluding hydrogens is 218 g/mol. The van der Waals surface area contributed by atoms with E-state index in [2.05, 4.69) is 0 Å². The van der Waals surface area contributed by atoms with Gasteiger partial charge in [-0.05, 0) is 49.6 Å². The number of ether oxygens (including phenoxy) is 2. The lowest BCUT2D eigenvalue weighted by molar-refractivity contribution is 0.0600. The molecule has 0 bridgehead atoms. The smallest absolute Gasteiger partial charge is 0.337 e. The van der Waals surface area contributed by atoms with Gasteiger partial charge >= 0.3 is 5.97 Å². The van der Waals surface area contributed by atoms with Crippen molar-refractivity contribution in [2.45, 2.75) is 19.3 Å². The molecule has 0 heterocycles. The Morgan fingerprint density at radius 3 is 2.65 bits per heavy atom. The van der Waals surface area contributed by atoms with Crippen molar-refractivity contribution < 1.29 is 14.3 Å². The van der Waals surface area contributed by atoms with Crippen LogP contribution in [0.15, 0.2) is 18.2 Å². The molecular formula is C13H19NO3. The van der Waals surface area contributed by atoms with Gasteiger partial charge in [0.15, 0.2) is 0 Å². The molecule has 4 heteroatoms. The van der Waals surface area contributed by atoms with Crippen molar-refractivity contribution >= 4 is 5.97 Å². The number of carbonyl (C=O) groups excluding carboxylic acids is 1. The van der Waals surface area contributed by atoms with Crippen LogP contribution in [0.2, 0.25) is 0 Å². The first-order valence-electron chi connectivity index (χ1n) is 5.68.